The fraction of sp³-hybridized carbons (Fsp3) is 0.182. The van der Waals surface area contributed by atoms with Crippen LogP contribution in [0.5, 0.6) is 0 Å². The van der Waals surface area contributed by atoms with Gasteiger partial charge in [0.1, 0.15) is 0 Å². The molecule has 5 nitrogen and oxygen atoms in total. The third-order valence-electron chi connectivity index (χ3n) is 4.60. The number of benzene rings is 2. The van der Waals surface area contributed by atoms with Gasteiger partial charge in [0.2, 0.25) is 0 Å². The molecule has 0 aliphatic rings. The minimum Gasteiger partial charge on any atom is -0.352 e. The van der Waals surface area contributed by atoms with Crippen molar-refractivity contribution in [2.45, 2.75) is 19.6 Å². The lowest BCUT2D eigenvalue weighted by atomic mass is 10.1. The van der Waals surface area contributed by atoms with Crippen LogP contribution in [0, 0.1) is 0 Å². The predicted octanol–water partition coefficient (Wildman–Crippen LogP) is 4.01. The van der Waals surface area contributed by atoms with Crippen molar-refractivity contribution in [2.75, 3.05) is 7.05 Å². The van der Waals surface area contributed by atoms with Crippen LogP contribution in [0.4, 0.5) is 0 Å². The van der Waals surface area contributed by atoms with E-state index in [-0.39, 0.29) is 0 Å². The molecule has 0 unspecified atom stereocenters. The van der Waals surface area contributed by atoms with Gasteiger partial charge in [-0.15, -0.1) is 11.3 Å². The van der Waals surface area contributed by atoms with Crippen LogP contribution in [0.2, 0.25) is 0 Å². The molecule has 0 bridgehead atoms. The van der Waals surface area contributed by atoms with Crippen LogP contribution in [0.25, 0.3) is 11.0 Å². The van der Waals surface area contributed by atoms with Crippen LogP contribution in [0.1, 0.15) is 16.0 Å². The zero-order valence-corrected chi connectivity index (χ0v) is 16.6. The highest BCUT2D eigenvalue weighted by molar-refractivity contribution is 7.09. The number of nitrogens with zero attached hydrogens (tertiary/aromatic N) is 3. The number of guanidine groups is 1. The Morgan fingerprint density at radius 1 is 0.964 bits per heavy atom. The van der Waals surface area contributed by atoms with Gasteiger partial charge in [0, 0.05) is 25.0 Å². The Morgan fingerprint density at radius 3 is 2.54 bits per heavy atom. The van der Waals surface area contributed by atoms with Gasteiger partial charge < -0.3 is 15.2 Å². The minimum absolute atomic E-state index is 0.735. The first kappa shape index (κ1) is 18.3. The first-order valence-corrected chi connectivity index (χ1v) is 10.1. The van der Waals surface area contributed by atoms with Gasteiger partial charge in [-0.1, -0.05) is 42.5 Å². The quantitative estimate of drug-likeness (QED) is 0.387. The van der Waals surface area contributed by atoms with E-state index in [0.717, 1.165) is 36.6 Å². The van der Waals surface area contributed by atoms with E-state index in [1.54, 1.807) is 18.4 Å². The standard InChI is InChI=1S/C22H23N5S/c1-23-22(25-14-19-5-4-12-28-19)24-13-17-8-10-18(11-9-17)15-27-16-26-20-6-2-3-7-21(20)27/h2-12,16H,13-15H2,1H3,(H2,23,24,25). The van der Waals surface area contributed by atoms with E-state index in [9.17, 15) is 0 Å². The highest BCUT2D eigenvalue weighted by Crippen LogP contribution is 2.14. The van der Waals surface area contributed by atoms with Gasteiger partial charge in [-0.25, -0.2) is 4.98 Å². The minimum atomic E-state index is 0.735. The van der Waals surface area contributed by atoms with Gasteiger partial charge in [-0.05, 0) is 34.7 Å². The molecule has 4 rings (SSSR count). The molecule has 2 heterocycles. The number of fused-ring (bicyclic) bond motifs is 1. The maximum atomic E-state index is 4.46. The van der Waals surface area contributed by atoms with E-state index in [2.05, 4.69) is 79.1 Å². The summed E-state index contributed by atoms with van der Waals surface area (Å²) in [6, 6.07) is 21.1. The topological polar surface area (TPSA) is 54.2 Å². The number of aliphatic imine (C=N–C) groups is 1. The van der Waals surface area contributed by atoms with Gasteiger partial charge in [-0.3, -0.25) is 4.99 Å². The SMILES string of the molecule is CN=C(NCc1ccc(Cn2cnc3ccccc32)cc1)NCc1cccs1. The Labute approximate surface area is 168 Å². The number of hydrogen-bond donors (Lipinski definition) is 2. The molecule has 0 spiro atoms. The molecule has 28 heavy (non-hydrogen) atoms. The van der Waals surface area contributed by atoms with Crippen LogP contribution in [-0.4, -0.2) is 22.6 Å². The third-order valence-corrected chi connectivity index (χ3v) is 5.47. The van der Waals surface area contributed by atoms with Crippen molar-refractivity contribution in [1.29, 1.82) is 0 Å². The summed E-state index contributed by atoms with van der Waals surface area (Å²) in [6.45, 7) is 2.34. The van der Waals surface area contributed by atoms with Crippen molar-refractivity contribution >= 4 is 28.3 Å². The van der Waals surface area contributed by atoms with Gasteiger partial charge >= 0.3 is 0 Å². The molecule has 2 aromatic heterocycles. The molecular formula is C22H23N5S. The van der Waals surface area contributed by atoms with Gasteiger partial charge in [0.15, 0.2) is 5.96 Å². The molecule has 0 atom stereocenters. The van der Waals surface area contributed by atoms with Crippen molar-refractivity contribution in [3.63, 3.8) is 0 Å². The van der Waals surface area contributed by atoms with Crippen molar-refractivity contribution in [3.05, 3.63) is 88.4 Å². The van der Waals surface area contributed by atoms with E-state index in [4.69, 9.17) is 0 Å². The smallest absolute Gasteiger partial charge is 0.191 e. The third kappa shape index (κ3) is 4.40. The molecule has 4 aromatic rings. The zero-order chi connectivity index (χ0) is 19.2. The Kier molecular flexibility index (Phi) is 5.68. The first-order chi connectivity index (χ1) is 13.8. The molecule has 0 radical (unpaired) electrons. The Morgan fingerprint density at radius 2 is 1.75 bits per heavy atom. The number of aromatic nitrogens is 2. The second-order valence-corrected chi connectivity index (χ2v) is 7.57. The second kappa shape index (κ2) is 8.71. The van der Waals surface area contributed by atoms with Crippen LogP contribution in [0.15, 0.2) is 77.4 Å². The molecular weight excluding hydrogens is 366 g/mol. The van der Waals surface area contributed by atoms with E-state index >= 15 is 0 Å². The highest BCUT2D eigenvalue weighted by atomic mass is 32.1. The van der Waals surface area contributed by atoms with Crippen LogP contribution >= 0.6 is 11.3 Å². The molecule has 0 saturated carbocycles. The first-order valence-electron chi connectivity index (χ1n) is 9.26. The van der Waals surface area contributed by atoms with Crippen LogP contribution < -0.4 is 10.6 Å². The maximum absolute atomic E-state index is 4.46. The van der Waals surface area contributed by atoms with E-state index in [1.165, 1.54) is 16.0 Å². The highest BCUT2D eigenvalue weighted by Gasteiger charge is 2.03. The van der Waals surface area contributed by atoms with E-state index < -0.39 is 0 Å². The van der Waals surface area contributed by atoms with Gasteiger partial charge in [0.25, 0.3) is 0 Å². The summed E-state index contributed by atoms with van der Waals surface area (Å²) < 4.78 is 2.18. The van der Waals surface area contributed by atoms with Gasteiger partial charge in [0.05, 0.1) is 23.9 Å². The summed E-state index contributed by atoms with van der Waals surface area (Å²) in [4.78, 5) is 10.0. The molecule has 0 aliphatic heterocycles. The molecule has 6 heteroatoms. The van der Waals surface area contributed by atoms with Crippen LogP contribution in [0.3, 0.4) is 0 Å². The monoisotopic (exact) mass is 389 g/mol. The normalized spacial score (nSPS) is 11.7. The van der Waals surface area contributed by atoms with Crippen LogP contribution in [-0.2, 0) is 19.6 Å². The Bertz CT molecular complexity index is 1050. The largest absolute Gasteiger partial charge is 0.352 e. The molecule has 142 valence electrons. The number of nitrogens with one attached hydrogen (secondary N) is 2. The molecule has 2 N–H and O–H groups in total. The van der Waals surface area contributed by atoms with Gasteiger partial charge in [-0.2, -0.15) is 0 Å². The lowest BCUT2D eigenvalue weighted by molar-refractivity contribution is 0.809. The fourth-order valence-electron chi connectivity index (χ4n) is 3.09. The number of para-hydroxylation sites is 2. The number of thiophene rings is 1. The zero-order valence-electron chi connectivity index (χ0n) is 15.8. The summed E-state index contributed by atoms with van der Waals surface area (Å²) in [5.74, 6) is 0.808. The average molecular weight is 390 g/mol. The fourth-order valence-corrected chi connectivity index (χ4v) is 3.73. The summed E-state index contributed by atoms with van der Waals surface area (Å²) in [6.07, 6.45) is 1.91. The number of hydrogen-bond acceptors (Lipinski definition) is 3. The summed E-state index contributed by atoms with van der Waals surface area (Å²) >= 11 is 1.74. The molecule has 0 fully saturated rings. The summed E-state index contributed by atoms with van der Waals surface area (Å²) in [7, 11) is 1.79. The summed E-state index contributed by atoms with van der Waals surface area (Å²) in [5.41, 5.74) is 4.67. The summed E-state index contributed by atoms with van der Waals surface area (Å²) in [5, 5.41) is 8.79. The lowest BCUT2D eigenvalue weighted by Crippen LogP contribution is -2.36. The molecule has 0 aliphatic carbocycles. The number of rotatable bonds is 6. The Hall–Kier alpha value is -3.12. The van der Waals surface area contributed by atoms with Crippen molar-refractivity contribution in [3.8, 4) is 0 Å². The maximum Gasteiger partial charge on any atom is 0.191 e. The number of imidazole rings is 1. The molecule has 0 amide bonds. The predicted molar refractivity (Wildman–Crippen MR) is 117 cm³/mol. The second-order valence-electron chi connectivity index (χ2n) is 6.54. The van der Waals surface area contributed by atoms with E-state index in [1.807, 2.05) is 18.5 Å². The van der Waals surface area contributed by atoms with Crippen molar-refractivity contribution in [2.24, 2.45) is 4.99 Å². The van der Waals surface area contributed by atoms with Crippen molar-refractivity contribution < 1.29 is 0 Å². The van der Waals surface area contributed by atoms with Crippen molar-refractivity contribution in [1.82, 2.24) is 20.2 Å². The molecule has 2 aromatic carbocycles. The Balaban J connectivity index is 1.32. The van der Waals surface area contributed by atoms with E-state index in [0.29, 0.717) is 0 Å². The molecule has 0 saturated heterocycles. The average Bonchev–Trinajstić information content (AvgIpc) is 3.40. The lowest BCUT2D eigenvalue weighted by Gasteiger charge is -2.12.